The van der Waals surface area contributed by atoms with E-state index < -0.39 is 0 Å². The van der Waals surface area contributed by atoms with E-state index in [2.05, 4.69) is 61.2 Å². The molecule has 3 nitrogen and oxygen atoms in total. The van der Waals surface area contributed by atoms with Crippen LogP contribution in [0.2, 0.25) is 0 Å². The Balaban J connectivity index is 0.00000192. The predicted octanol–water partition coefficient (Wildman–Crippen LogP) is 3.70. The van der Waals surface area contributed by atoms with E-state index in [1.165, 1.54) is 10.8 Å². The van der Waals surface area contributed by atoms with Crippen molar-refractivity contribution in [2.45, 2.75) is 26.3 Å². The molecule has 1 fully saturated rings. The van der Waals surface area contributed by atoms with E-state index >= 15 is 0 Å². The largest absolute Gasteiger partial charge is 0.492 e. The Hall–Kier alpha value is -1.29. The van der Waals surface area contributed by atoms with Crippen LogP contribution in [0, 0.1) is 5.41 Å². The molecule has 1 unspecified atom stereocenters. The highest BCUT2D eigenvalue weighted by atomic mass is 35.5. The standard InChI is InChI=1S/C19H26N2O.ClH/c1-19(2)14-21(11-10-18(19)20)12-13-22-17-9-5-7-15-6-3-4-8-16(15)17;/h3-9,18H,10-14,20H2,1-2H3;1H. The minimum atomic E-state index is 0. The van der Waals surface area contributed by atoms with Crippen LogP contribution in [-0.2, 0) is 0 Å². The SMILES string of the molecule is CC1(C)CN(CCOc2cccc3ccccc23)CCC1N.Cl. The molecule has 0 radical (unpaired) electrons. The minimum Gasteiger partial charge on any atom is -0.492 e. The van der Waals surface area contributed by atoms with Crippen molar-refractivity contribution >= 4 is 23.2 Å². The van der Waals surface area contributed by atoms with Crippen molar-refractivity contribution in [1.29, 1.82) is 0 Å². The molecule has 0 amide bonds. The molecule has 3 rings (SSSR count). The van der Waals surface area contributed by atoms with Gasteiger partial charge in [0.05, 0.1) is 0 Å². The van der Waals surface area contributed by atoms with Gasteiger partial charge in [-0.25, -0.2) is 0 Å². The van der Waals surface area contributed by atoms with Gasteiger partial charge in [0.15, 0.2) is 0 Å². The molecule has 1 heterocycles. The number of rotatable bonds is 4. The maximum Gasteiger partial charge on any atom is 0.127 e. The van der Waals surface area contributed by atoms with Crippen LogP contribution in [0.5, 0.6) is 5.75 Å². The van der Waals surface area contributed by atoms with Crippen LogP contribution in [0.15, 0.2) is 42.5 Å². The second-order valence-corrected chi connectivity index (χ2v) is 6.99. The molecule has 1 atom stereocenters. The van der Waals surface area contributed by atoms with E-state index in [1.807, 2.05) is 0 Å². The molecule has 1 aliphatic rings. The van der Waals surface area contributed by atoms with Gasteiger partial charge in [-0.2, -0.15) is 0 Å². The summed E-state index contributed by atoms with van der Waals surface area (Å²) in [5.74, 6) is 0.978. The first kappa shape index (κ1) is 18.1. The molecule has 23 heavy (non-hydrogen) atoms. The van der Waals surface area contributed by atoms with Gasteiger partial charge in [-0.15, -0.1) is 12.4 Å². The van der Waals surface area contributed by atoms with E-state index in [4.69, 9.17) is 10.5 Å². The van der Waals surface area contributed by atoms with Crippen molar-refractivity contribution in [1.82, 2.24) is 4.90 Å². The zero-order valence-corrected chi connectivity index (χ0v) is 14.8. The molecule has 0 spiro atoms. The third-order valence-electron chi connectivity index (χ3n) is 4.81. The Kier molecular flexibility index (Phi) is 5.90. The van der Waals surface area contributed by atoms with Gasteiger partial charge >= 0.3 is 0 Å². The number of halogens is 1. The molecule has 2 N–H and O–H groups in total. The maximum atomic E-state index is 6.20. The van der Waals surface area contributed by atoms with Crippen LogP contribution < -0.4 is 10.5 Å². The van der Waals surface area contributed by atoms with Crippen LogP contribution in [-0.4, -0.2) is 37.2 Å². The fraction of sp³-hybridized carbons (Fsp3) is 0.474. The average Bonchev–Trinajstić information content (AvgIpc) is 2.51. The number of likely N-dealkylation sites (tertiary alicyclic amines) is 1. The number of ether oxygens (including phenoxy) is 1. The minimum absolute atomic E-state index is 0. The summed E-state index contributed by atoms with van der Waals surface area (Å²) >= 11 is 0. The third-order valence-corrected chi connectivity index (χ3v) is 4.81. The number of piperidine rings is 1. The quantitative estimate of drug-likeness (QED) is 0.926. The highest BCUT2D eigenvalue weighted by Crippen LogP contribution is 2.28. The van der Waals surface area contributed by atoms with E-state index in [-0.39, 0.29) is 17.8 Å². The van der Waals surface area contributed by atoms with Gasteiger partial charge in [0.1, 0.15) is 12.4 Å². The maximum absolute atomic E-state index is 6.20. The molecule has 0 saturated carbocycles. The van der Waals surface area contributed by atoms with E-state index in [0.717, 1.165) is 38.4 Å². The third kappa shape index (κ3) is 4.17. The zero-order chi connectivity index (χ0) is 15.6. The molecule has 1 saturated heterocycles. The van der Waals surface area contributed by atoms with Crippen molar-refractivity contribution in [3.05, 3.63) is 42.5 Å². The Morgan fingerprint density at radius 2 is 1.91 bits per heavy atom. The Morgan fingerprint density at radius 3 is 2.70 bits per heavy atom. The molecule has 0 aliphatic carbocycles. The fourth-order valence-electron chi connectivity index (χ4n) is 3.28. The highest BCUT2D eigenvalue weighted by Gasteiger charge is 2.33. The Bertz CT molecular complexity index is 639. The number of benzene rings is 2. The lowest BCUT2D eigenvalue weighted by molar-refractivity contribution is 0.0833. The lowest BCUT2D eigenvalue weighted by atomic mass is 9.80. The first-order valence-corrected chi connectivity index (χ1v) is 8.15. The van der Waals surface area contributed by atoms with E-state index in [0.29, 0.717) is 6.04 Å². The van der Waals surface area contributed by atoms with Crippen molar-refractivity contribution < 1.29 is 4.74 Å². The summed E-state index contributed by atoms with van der Waals surface area (Å²) in [6.45, 7) is 8.32. The molecule has 2 aromatic carbocycles. The van der Waals surface area contributed by atoms with Crippen molar-refractivity contribution in [2.24, 2.45) is 11.1 Å². The van der Waals surface area contributed by atoms with Gasteiger partial charge in [0, 0.05) is 24.5 Å². The highest BCUT2D eigenvalue weighted by molar-refractivity contribution is 5.88. The summed E-state index contributed by atoms with van der Waals surface area (Å²) in [4.78, 5) is 2.47. The van der Waals surface area contributed by atoms with Crippen LogP contribution >= 0.6 is 12.4 Å². The number of hydrogen-bond donors (Lipinski definition) is 1. The van der Waals surface area contributed by atoms with E-state index in [9.17, 15) is 0 Å². The smallest absolute Gasteiger partial charge is 0.127 e. The number of hydrogen-bond acceptors (Lipinski definition) is 3. The van der Waals surface area contributed by atoms with Gasteiger partial charge < -0.3 is 10.5 Å². The summed E-state index contributed by atoms with van der Waals surface area (Å²) in [7, 11) is 0. The lowest BCUT2D eigenvalue weighted by Crippen LogP contribution is -2.53. The van der Waals surface area contributed by atoms with Gasteiger partial charge in [0.25, 0.3) is 0 Å². The Labute approximate surface area is 145 Å². The first-order chi connectivity index (χ1) is 10.6. The van der Waals surface area contributed by atoms with Gasteiger partial charge in [-0.05, 0) is 29.8 Å². The summed E-state index contributed by atoms with van der Waals surface area (Å²) in [5, 5.41) is 2.41. The second kappa shape index (κ2) is 7.52. The van der Waals surface area contributed by atoms with Gasteiger partial charge in [-0.1, -0.05) is 50.2 Å². The van der Waals surface area contributed by atoms with Crippen LogP contribution in [0.3, 0.4) is 0 Å². The lowest BCUT2D eigenvalue weighted by Gasteiger charge is -2.42. The summed E-state index contributed by atoms with van der Waals surface area (Å²) < 4.78 is 6.04. The molecule has 2 aromatic rings. The zero-order valence-electron chi connectivity index (χ0n) is 14.0. The number of nitrogens with two attached hydrogens (primary N) is 1. The Morgan fingerprint density at radius 1 is 1.17 bits per heavy atom. The van der Waals surface area contributed by atoms with E-state index in [1.54, 1.807) is 0 Å². The topological polar surface area (TPSA) is 38.5 Å². The summed E-state index contributed by atoms with van der Waals surface area (Å²) in [6.07, 6.45) is 1.07. The molecule has 1 aliphatic heterocycles. The second-order valence-electron chi connectivity index (χ2n) is 6.99. The summed E-state index contributed by atoms with van der Waals surface area (Å²) in [5.41, 5.74) is 6.39. The number of nitrogens with zero attached hydrogens (tertiary/aromatic N) is 1. The van der Waals surface area contributed by atoms with Crippen LogP contribution in [0.25, 0.3) is 10.8 Å². The number of fused-ring (bicyclic) bond motifs is 1. The summed E-state index contributed by atoms with van der Waals surface area (Å²) in [6, 6.07) is 14.9. The van der Waals surface area contributed by atoms with Crippen molar-refractivity contribution in [3.8, 4) is 5.75 Å². The first-order valence-electron chi connectivity index (χ1n) is 8.15. The molecular weight excluding hydrogens is 308 g/mol. The molecular formula is C19H27ClN2O. The molecule has 4 heteroatoms. The molecule has 0 bridgehead atoms. The van der Waals surface area contributed by atoms with Crippen LogP contribution in [0.4, 0.5) is 0 Å². The van der Waals surface area contributed by atoms with Crippen LogP contribution in [0.1, 0.15) is 20.3 Å². The predicted molar refractivity (Wildman–Crippen MR) is 99.5 cm³/mol. The average molecular weight is 335 g/mol. The van der Waals surface area contributed by atoms with Gasteiger partial charge in [-0.3, -0.25) is 4.90 Å². The van der Waals surface area contributed by atoms with Gasteiger partial charge in [0.2, 0.25) is 0 Å². The van der Waals surface area contributed by atoms with Crippen molar-refractivity contribution in [3.63, 3.8) is 0 Å². The fourth-order valence-corrected chi connectivity index (χ4v) is 3.28. The van der Waals surface area contributed by atoms with Crippen molar-refractivity contribution in [2.75, 3.05) is 26.2 Å². The normalized spacial score (nSPS) is 20.9. The molecule has 0 aromatic heterocycles. The molecule has 126 valence electrons. The monoisotopic (exact) mass is 334 g/mol.